The first-order chi connectivity index (χ1) is 17.2. The average molecular weight is 527 g/mol. The van der Waals surface area contributed by atoms with E-state index in [2.05, 4.69) is 5.32 Å². The van der Waals surface area contributed by atoms with Crippen molar-refractivity contribution in [1.82, 2.24) is 4.90 Å². The number of nitrogens with one attached hydrogen (secondary N) is 1. The van der Waals surface area contributed by atoms with E-state index >= 15 is 0 Å². The van der Waals surface area contributed by atoms with Gasteiger partial charge in [-0.15, -0.1) is 11.3 Å². The first-order valence-electron chi connectivity index (χ1n) is 10.7. The van der Waals surface area contributed by atoms with Gasteiger partial charge in [-0.1, -0.05) is 17.7 Å². The number of carbonyl (C=O) groups excluding carboxylic acids is 4. The Morgan fingerprint density at radius 1 is 1.19 bits per heavy atom. The van der Waals surface area contributed by atoms with Gasteiger partial charge in [-0.25, -0.2) is 4.90 Å². The molecule has 1 saturated heterocycles. The molecule has 1 atom stereocenters. The van der Waals surface area contributed by atoms with Crippen LogP contribution in [0.5, 0.6) is 0 Å². The van der Waals surface area contributed by atoms with E-state index in [0.29, 0.717) is 11.4 Å². The fraction of sp³-hybridized carbons (Fsp3) is 0.167. The molecule has 1 aromatic heterocycles. The number of hydrogen-bond donors (Lipinski definition) is 1. The summed E-state index contributed by atoms with van der Waals surface area (Å²) in [5.41, 5.74) is 0.335. The number of hydrogen-bond acceptors (Lipinski definition) is 7. The Morgan fingerprint density at radius 2 is 1.92 bits per heavy atom. The average Bonchev–Trinajstić information content (AvgIpc) is 3.45. The molecule has 2 aromatic carbocycles. The Balaban J connectivity index is 1.66. The lowest BCUT2D eigenvalue weighted by molar-refractivity contribution is -0.384. The van der Waals surface area contributed by atoms with Gasteiger partial charge < -0.3 is 10.2 Å². The number of anilines is 2. The molecule has 1 N–H and O–H groups in total. The van der Waals surface area contributed by atoms with Crippen LogP contribution in [0.3, 0.4) is 0 Å². The van der Waals surface area contributed by atoms with Crippen molar-refractivity contribution in [2.24, 2.45) is 0 Å². The molecule has 1 aliphatic rings. The lowest BCUT2D eigenvalue weighted by Gasteiger charge is -2.27. The molecule has 0 aliphatic carbocycles. The number of benzene rings is 2. The summed E-state index contributed by atoms with van der Waals surface area (Å²) < 4.78 is 0. The van der Waals surface area contributed by atoms with E-state index in [9.17, 15) is 29.3 Å². The molecule has 0 bridgehead atoms. The number of nitro groups is 1. The minimum Gasteiger partial charge on any atom is -0.326 e. The molecule has 12 heteroatoms. The molecule has 184 valence electrons. The maximum Gasteiger partial charge on any atom is 0.288 e. The second-order valence-corrected chi connectivity index (χ2v) is 9.39. The van der Waals surface area contributed by atoms with Crippen LogP contribution in [-0.2, 0) is 20.9 Å². The Morgan fingerprint density at radius 3 is 2.53 bits per heavy atom. The predicted molar refractivity (Wildman–Crippen MR) is 134 cm³/mol. The quantitative estimate of drug-likeness (QED) is 0.278. The van der Waals surface area contributed by atoms with Crippen LogP contribution in [0.1, 0.15) is 28.6 Å². The third kappa shape index (κ3) is 5.11. The van der Waals surface area contributed by atoms with E-state index in [0.717, 1.165) is 15.8 Å². The van der Waals surface area contributed by atoms with E-state index in [-0.39, 0.29) is 29.5 Å². The van der Waals surface area contributed by atoms with Crippen molar-refractivity contribution in [2.75, 3.05) is 10.2 Å². The minimum absolute atomic E-state index is 0.0268. The maximum absolute atomic E-state index is 13.5. The summed E-state index contributed by atoms with van der Waals surface area (Å²) >= 11 is 7.26. The lowest BCUT2D eigenvalue weighted by Crippen LogP contribution is -2.45. The summed E-state index contributed by atoms with van der Waals surface area (Å²) in [6.07, 6.45) is -0.251. The first-order valence-corrected chi connectivity index (χ1v) is 11.9. The highest BCUT2D eigenvalue weighted by molar-refractivity contribution is 7.09. The second kappa shape index (κ2) is 10.3. The van der Waals surface area contributed by atoms with Gasteiger partial charge in [0.1, 0.15) is 11.1 Å². The van der Waals surface area contributed by atoms with Crippen molar-refractivity contribution in [3.05, 3.63) is 85.6 Å². The third-order valence-corrected chi connectivity index (χ3v) is 6.68. The molecule has 36 heavy (non-hydrogen) atoms. The van der Waals surface area contributed by atoms with Gasteiger partial charge >= 0.3 is 0 Å². The van der Waals surface area contributed by atoms with Gasteiger partial charge in [0.05, 0.1) is 23.6 Å². The van der Waals surface area contributed by atoms with Gasteiger partial charge in [-0.05, 0) is 47.8 Å². The highest BCUT2D eigenvalue weighted by Gasteiger charge is 2.44. The number of thiophene rings is 1. The second-order valence-electron chi connectivity index (χ2n) is 7.95. The lowest BCUT2D eigenvalue weighted by atomic mass is 10.1. The molecule has 0 spiro atoms. The standard InChI is InChI=1S/C24H19ClN4O6S/c1-14(30)26-16-5-7-17(8-6-16)28-22(31)12-21(24(28)33)27(13-18-3-2-10-36-18)23(32)15-4-9-19(25)20(11-15)29(34)35/h2-11,21H,12-13H2,1H3,(H,26,30). The highest BCUT2D eigenvalue weighted by atomic mass is 35.5. The molecule has 1 fully saturated rings. The Kier molecular flexibility index (Phi) is 7.13. The van der Waals surface area contributed by atoms with E-state index in [4.69, 9.17) is 11.6 Å². The van der Waals surface area contributed by atoms with E-state index in [1.54, 1.807) is 24.3 Å². The smallest absolute Gasteiger partial charge is 0.288 e. The number of rotatable bonds is 7. The number of carbonyl (C=O) groups is 4. The third-order valence-electron chi connectivity index (χ3n) is 5.50. The summed E-state index contributed by atoms with van der Waals surface area (Å²) in [5, 5.41) is 15.6. The Bertz CT molecular complexity index is 1360. The normalized spacial score (nSPS) is 15.2. The van der Waals surface area contributed by atoms with Crippen LogP contribution in [-0.4, -0.2) is 39.5 Å². The molecule has 4 rings (SSSR count). The fourth-order valence-electron chi connectivity index (χ4n) is 3.87. The topological polar surface area (TPSA) is 130 Å². The predicted octanol–water partition coefficient (Wildman–Crippen LogP) is 4.24. The van der Waals surface area contributed by atoms with Crippen molar-refractivity contribution >= 4 is 63.6 Å². The van der Waals surface area contributed by atoms with Gasteiger partial charge in [0, 0.05) is 29.1 Å². The van der Waals surface area contributed by atoms with E-state index in [1.807, 2.05) is 5.38 Å². The zero-order chi connectivity index (χ0) is 26.0. The van der Waals surface area contributed by atoms with Gasteiger partial charge in [0.2, 0.25) is 11.8 Å². The van der Waals surface area contributed by atoms with E-state index in [1.165, 1.54) is 47.4 Å². The zero-order valence-electron chi connectivity index (χ0n) is 18.8. The van der Waals surface area contributed by atoms with Crippen LogP contribution in [0.25, 0.3) is 0 Å². The van der Waals surface area contributed by atoms with E-state index < -0.39 is 34.4 Å². The van der Waals surface area contributed by atoms with Crippen molar-refractivity contribution in [2.45, 2.75) is 25.9 Å². The fourth-order valence-corrected chi connectivity index (χ4v) is 4.76. The van der Waals surface area contributed by atoms with Crippen LogP contribution < -0.4 is 10.2 Å². The number of halogens is 1. The van der Waals surface area contributed by atoms with Crippen molar-refractivity contribution in [3.8, 4) is 0 Å². The molecular weight excluding hydrogens is 508 g/mol. The molecule has 10 nitrogen and oxygen atoms in total. The number of nitrogens with zero attached hydrogens (tertiary/aromatic N) is 3. The van der Waals surface area contributed by atoms with Crippen molar-refractivity contribution in [1.29, 1.82) is 0 Å². The van der Waals surface area contributed by atoms with Crippen LogP contribution in [0.4, 0.5) is 17.1 Å². The Hall–Kier alpha value is -4.09. The largest absolute Gasteiger partial charge is 0.326 e. The molecule has 3 aromatic rings. The molecule has 4 amide bonds. The minimum atomic E-state index is -1.11. The Labute approximate surface area is 214 Å². The summed E-state index contributed by atoms with van der Waals surface area (Å²) in [5.74, 6) is -2.00. The van der Waals surface area contributed by atoms with Crippen LogP contribution >= 0.6 is 22.9 Å². The van der Waals surface area contributed by atoms with Gasteiger partial charge in [-0.3, -0.25) is 29.3 Å². The highest BCUT2D eigenvalue weighted by Crippen LogP contribution is 2.31. The van der Waals surface area contributed by atoms with Gasteiger partial charge in [0.15, 0.2) is 0 Å². The summed E-state index contributed by atoms with van der Waals surface area (Å²) in [7, 11) is 0. The van der Waals surface area contributed by atoms with Crippen molar-refractivity contribution < 1.29 is 24.1 Å². The first kappa shape index (κ1) is 25.0. The van der Waals surface area contributed by atoms with Crippen LogP contribution in [0.15, 0.2) is 60.0 Å². The summed E-state index contributed by atoms with van der Waals surface area (Å²) in [6, 6.07) is 12.3. The maximum atomic E-state index is 13.5. The van der Waals surface area contributed by atoms with Crippen LogP contribution in [0, 0.1) is 10.1 Å². The summed E-state index contributed by atoms with van der Waals surface area (Å²) in [4.78, 5) is 64.8. The zero-order valence-corrected chi connectivity index (χ0v) is 20.4. The molecule has 2 heterocycles. The van der Waals surface area contributed by atoms with Crippen LogP contribution in [0.2, 0.25) is 5.02 Å². The molecule has 0 saturated carbocycles. The summed E-state index contributed by atoms with van der Waals surface area (Å²) in [6.45, 7) is 1.40. The molecule has 1 unspecified atom stereocenters. The molecular formula is C24H19ClN4O6S. The molecule has 1 aliphatic heterocycles. The van der Waals surface area contributed by atoms with Gasteiger partial charge in [0.25, 0.3) is 17.5 Å². The van der Waals surface area contributed by atoms with Crippen molar-refractivity contribution in [3.63, 3.8) is 0 Å². The number of nitro benzene ring substituents is 1. The molecule has 0 radical (unpaired) electrons. The number of amides is 4. The van der Waals surface area contributed by atoms with Gasteiger partial charge in [-0.2, -0.15) is 0 Å². The number of imide groups is 1. The monoisotopic (exact) mass is 526 g/mol. The SMILES string of the molecule is CC(=O)Nc1ccc(N2C(=O)CC(N(Cc3cccs3)C(=O)c3ccc(Cl)c([N+](=O)[O-])c3)C2=O)cc1.